The van der Waals surface area contributed by atoms with Crippen LogP contribution in [0.3, 0.4) is 0 Å². The molecule has 0 saturated heterocycles. The summed E-state index contributed by atoms with van der Waals surface area (Å²) in [5, 5.41) is -0.0963. The number of rotatable bonds is 6. The molecule has 0 N–H and O–H groups in total. The standard InChI is InChI=1S/C16H20ClF3N2O2/c1-4-5-8-21(3)15(24)10-22(11(2)23)14-7-6-12(17)9-13(14)16(18,19)20/h6-7,9H,4-5,8,10H2,1-3H3. The molecule has 0 fully saturated rings. The lowest BCUT2D eigenvalue weighted by atomic mass is 10.1. The Balaban J connectivity index is 3.14. The number of alkyl halides is 3. The maximum absolute atomic E-state index is 13.2. The molecule has 2 amide bonds. The van der Waals surface area contributed by atoms with E-state index in [9.17, 15) is 22.8 Å². The number of unbranched alkanes of at least 4 members (excludes halogenated alkanes) is 1. The van der Waals surface area contributed by atoms with E-state index in [1.807, 2.05) is 6.92 Å². The van der Waals surface area contributed by atoms with E-state index >= 15 is 0 Å². The van der Waals surface area contributed by atoms with Gasteiger partial charge in [0.15, 0.2) is 0 Å². The Hall–Kier alpha value is -1.76. The molecule has 1 aromatic rings. The van der Waals surface area contributed by atoms with E-state index < -0.39 is 30.1 Å². The molecule has 0 unspecified atom stereocenters. The Kier molecular flexibility index (Phi) is 7.08. The van der Waals surface area contributed by atoms with Gasteiger partial charge >= 0.3 is 6.18 Å². The number of hydrogen-bond acceptors (Lipinski definition) is 2. The zero-order valence-electron chi connectivity index (χ0n) is 13.8. The van der Waals surface area contributed by atoms with Crippen molar-refractivity contribution in [3.05, 3.63) is 28.8 Å². The van der Waals surface area contributed by atoms with E-state index in [0.717, 1.165) is 36.8 Å². The second kappa shape index (κ2) is 8.37. The van der Waals surface area contributed by atoms with Gasteiger partial charge in [-0.1, -0.05) is 24.9 Å². The number of anilines is 1. The molecule has 0 aliphatic carbocycles. The molecule has 0 aliphatic heterocycles. The van der Waals surface area contributed by atoms with Crippen molar-refractivity contribution < 1.29 is 22.8 Å². The molecule has 0 aromatic heterocycles. The summed E-state index contributed by atoms with van der Waals surface area (Å²) in [6.07, 6.45) is -3.04. The summed E-state index contributed by atoms with van der Waals surface area (Å²) in [7, 11) is 1.56. The molecule has 134 valence electrons. The summed E-state index contributed by atoms with van der Waals surface area (Å²) in [4.78, 5) is 26.3. The highest BCUT2D eigenvalue weighted by Crippen LogP contribution is 2.38. The molecular formula is C16H20ClF3N2O2. The normalized spacial score (nSPS) is 11.3. The zero-order chi connectivity index (χ0) is 18.5. The van der Waals surface area contributed by atoms with Gasteiger partial charge in [-0.2, -0.15) is 13.2 Å². The Bertz CT molecular complexity index is 605. The van der Waals surface area contributed by atoms with Gasteiger partial charge in [0.1, 0.15) is 6.54 Å². The highest BCUT2D eigenvalue weighted by molar-refractivity contribution is 6.30. The van der Waals surface area contributed by atoms with E-state index in [2.05, 4.69) is 0 Å². The van der Waals surface area contributed by atoms with Gasteiger partial charge in [-0.25, -0.2) is 0 Å². The van der Waals surface area contributed by atoms with Gasteiger partial charge in [0, 0.05) is 25.5 Å². The fraction of sp³-hybridized carbons (Fsp3) is 0.500. The molecule has 1 aromatic carbocycles. The van der Waals surface area contributed by atoms with Gasteiger partial charge in [-0.3, -0.25) is 9.59 Å². The van der Waals surface area contributed by atoms with Crippen LogP contribution in [0.5, 0.6) is 0 Å². The van der Waals surface area contributed by atoms with Gasteiger partial charge in [0.2, 0.25) is 11.8 Å². The second-order valence-electron chi connectivity index (χ2n) is 5.43. The number of carbonyl (C=O) groups excluding carboxylic acids is 2. The predicted octanol–water partition coefficient (Wildman–Crippen LogP) is 3.97. The van der Waals surface area contributed by atoms with Gasteiger partial charge < -0.3 is 9.80 Å². The van der Waals surface area contributed by atoms with Crippen LogP contribution in [-0.4, -0.2) is 36.9 Å². The minimum absolute atomic E-state index is 0.0963. The molecule has 1 rings (SSSR count). The highest BCUT2D eigenvalue weighted by atomic mass is 35.5. The lowest BCUT2D eigenvalue weighted by Crippen LogP contribution is -2.41. The minimum atomic E-state index is -4.69. The van der Waals surface area contributed by atoms with E-state index in [-0.39, 0.29) is 10.7 Å². The molecule has 0 atom stereocenters. The van der Waals surface area contributed by atoms with E-state index in [1.165, 1.54) is 11.0 Å². The first-order valence-electron chi connectivity index (χ1n) is 7.46. The fourth-order valence-corrected chi connectivity index (χ4v) is 2.28. The van der Waals surface area contributed by atoms with E-state index in [4.69, 9.17) is 11.6 Å². The summed E-state index contributed by atoms with van der Waals surface area (Å²) in [5.74, 6) is -1.08. The summed E-state index contributed by atoms with van der Waals surface area (Å²) in [6.45, 7) is 3.10. The summed E-state index contributed by atoms with van der Waals surface area (Å²) >= 11 is 5.64. The average molecular weight is 365 g/mol. The number of likely N-dealkylation sites (N-methyl/N-ethyl adjacent to an activating group) is 1. The van der Waals surface area contributed by atoms with Gasteiger partial charge in [-0.15, -0.1) is 0 Å². The van der Waals surface area contributed by atoms with Crippen LogP contribution in [0.25, 0.3) is 0 Å². The molecule has 0 heterocycles. The van der Waals surface area contributed by atoms with Crippen LogP contribution < -0.4 is 4.90 Å². The van der Waals surface area contributed by atoms with Crippen molar-refractivity contribution in [2.24, 2.45) is 0 Å². The SMILES string of the molecule is CCCCN(C)C(=O)CN(C(C)=O)c1ccc(Cl)cc1C(F)(F)F. The maximum atomic E-state index is 13.2. The first-order chi connectivity index (χ1) is 11.1. The van der Waals surface area contributed by atoms with Crippen molar-refractivity contribution in [3.8, 4) is 0 Å². The molecule has 24 heavy (non-hydrogen) atoms. The van der Waals surface area contributed by atoms with E-state index in [1.54, 1.807) is 7.05 Å². The highest BCUT2D eigenvalue weighted by Gasteiger charge is 2.36. The molecule has 4 nitrogen and oxygen atoms in total. The van der Waals surface area contributed by atoms with Crippen LogP contribution in [-0.2, 0) is 15.8 Å². The molecular weight excluding hydrogens is 345 g/mol. The fourth-order valence-electron chi connectivity index (χ4n) is 2.11. The lowest BCUT2D eigenvalue weighted by molar-refractivity contribution is -0.137. The number of hydrogen-bond donors (Lipinski definition) is 0. The van der Waals surface area contributed by atoms with Crippen molar-refractivity contribution in [2.75, 3.05) is 25.0 Å². The average Bonchev–Trinajstić information content (AvgIpc) is 2.49. The molecule has 8 heteroatoms. The monoisotopic (exact) mass is 364 g/mol. The maximum Gasteiger partial charge on any atom is 0.418 e. The molecule has 0 aliphatic rings. The number of nitrogens with zero attached hydrogens (tertiary/aromatic N) is 2. The lowest BCUT2D eigenvalue weighted by Gasteiger charge is -2.27. The van der Waals surface area contributed by atoms with Gasteiger partial charge in [0.05, 0.1) is 11.3 Å². The number of amides is 2. The third-order valence-corrected chi connectivity index (χ3v) is 3.74. The van der Waals surface area contributed by atoms with Crippen LogP contribution in [0.15, 0.2) is 18.2 Å². The molecule has 0 bridgehead atoms. The van der Waals surface area contributed by atoms with Gasteiger partial charge in [-0.05, 0) is 24.6 Å². The quantitative estimate of drug-likeness (QED) is 0.766. The van der Waals surface area contributed by atoms with Crippen molar-refractivity contribution in [1.82, 2.24) is 4.90 Å². The Labute approximate surface area is 144 Å². The van der Waals surface area contributed by atoms with Crippen molar-refractivity contribution in [1.29, 1.82) is 0 Å². The zero-order valence-corrected chi connectivity index (χ0v) is 14.5. The van der Waals surface area contributed by atoms with Gasteiger partial charge in [0.25, 0.3) is 0 Å². The predicted molar refractivity (Wildman–Crippen MR) is 87.0 cm³/mol. The topological polar surface area (TPSA) is 40.6 Å². The molecule has 0 radical (unpaired) electrons. The van der Waals surface area contributed by atoms with E-state index in [0.29, 0.717) is 6.54 Å². The first kappa shape index (κ1) is 20.3. The first-order valence-corrected chi connectivity index (χ1v) is 7.84. The summed E-state index contributed by atoms with van der Waals surface area (Å²) in [5.41, 5.74) is -1.43. The number of benzene rings is 1. The summed E-state index contributed by atoms with van der Waals surface area (Å²) < 4.78 is 39.7. The Morgan fingerprint density at radius 1 is 1.25 bits per heavy atom. The Morgan fingerprint density at radius 2 is 1.88 bits per heavy atom. The van der Waals surface area contributed by atoms with Crippen molar-refractivity contribution in [3.63, 3.8) is 0 Å². The van der Waals surface area contributed by atoms with Crippen molar-refractivity contribution in [2.45, 2.75) is 32.9 Å². The third-order valence-electron chi connectivity index (χ3n) is 3.50. The van der Waals surface area contributed by atoms with Crippen LogP contribution >= 0.6 is 11.6 Å². The Morgan fingerprint density at radius 3 is 2.38 bits per heavy atom. The number of carbonyl (C=O) groups is 2. The number of halogens is 4. The third kappa shape index (κ3) is 5.40. The smallest absolute Gasteiger partial charge is 0.344 e. The van der Waals surface area contributed by atoms with Crippen LogP contribution in [0, 0.1) is 0 Å². The largest absolute Gasteiger partial charge is 0.418 e. The van der Waals surface area contributed by atoms with Crippen LogP contribution in [0.4, 0.5) is 18.9 Å². The van der Waals surface area contributed by atoms with Crippen LogP contribution in [0.1, 0.15) is 32.3 Å². The molecule has 0 saturated carbocycles. The van der Waals surface area contributed by atoms with Crippen LogP contribution in [0.2, 0.25) is 5.02 Å². The second-order valence-corrected chi connectivity index (χ2v) is 5.87. The summed E-state index contributed by atoms with van der Waals surface area (Å²) in [6, 6.07) is 3.11. The van der Waals surface area contributed by atoms with Crippen molar-refractivity contribution >= 4 is 29.1 Å². The minimum Gasteiger partial charge on any atom is -0.344 e. The molecule has 0 spiro atoms.